The highest BCUT2D eigenvalue weighted by Crippen LogP contribution is 2.16. The fraction of sp³-hybridized carbons (Fsp3) is 0.294. The lowest BCUT2D eigenvalue weighted by atomic mass is 10.2. The number of H-pyrrole nitrogens is 1. The molecule has 0 aliphatic rings. The molecule has 0 saturated carbocycles. The first-order chi connectivity index (χ1) is 11.3. The van der Waals surface area contributed by atoms with Gasteiger partial charge in [-0.15, -0.1) is 0 Å². The Hall–Kier alpha value is -2.60. The van der Waals surface area contributed by atoms with E-state index in [1.54, 1.807) is 13.2 Å². The van der Waals surface area contributed by atoms with Crippen LogP contribution in [0.15, 0.2) is 42.6 Å². The second-order valence-corrected chi connectivity index (χ2v) is 5.38. The van der Waals surface area contributed by atoms with Crippen molar-refractivity contribution in [3.8, 4) is 0 Å². The first-order valence-electron chi connectivity index (χ1n) is 7.63. The first kappa shape index (κ1) is 15.3. The van der Waals surface area contributed by atoms with Crippen molar-refractivity contribution in [3.05, 3.63) is 54.0 Å². The number of nitrogens with one attached hydrogen (secondary N) is 2. The summed E-state index contributed by atoms with van der Waals surface area (Å²) in [6.07, 6.45) is 2.82. The number of aromatic nitrogens is 3. The van der Waals surface area contributed by atoms with Crippen molar-refractivity contribution in [1.29, 1.82) is 0 Å². The number of carbonyl (C=O) groups is 1. The Kier molecular flexibility index (Phi) is 4.73. The molecular formula is C17H20N4O2. The Morgan fingerprint density at radius 2 is 2.22 bits per heavy atom. The molecule has 3 aromatic rings. The number of ether oxygens (including phenoxy) is 1. The fourth-order valence-corrected chi connectivity index (χ4v) is 2.53. The van der Waals surface area contributed by atoms with Gasteiger partial charge in [0.05, 0.1) is 12.2 Å². The zero-order valence-electron chi connectivity index (χ0n) is 13.1. The average Bonchev–Trinajstić information content (AvgIpc) is 3.20. The number of amides is 1. The van der Waals surface area contributed by atoms with E-state index in [2.05, 4.69) is 38.3 Å². The topological polar surface area (TPSA) is 71.9 Å². The lowest BCUT2D eigenvalue weighted by Gasteiger charge is -2.03. The Bertz CT molecular complexity index is 791. The summed E-state index contributed by atoms with van der Waals surface area (Å²) in [6, 6.07) is 12.1. The number of hydrogen-bond donors (Lipinski definition) is 2. The van der Waals surface area contributed by atoms with Crippen LogP contribution < -0.4 is 5.32 Å². The van der Waals surface area contributed by atoms with Crippen molar-refractivity contribution in [1.82, 2.24) is 20.1 Å². The summed E-state index contributed by atoms with van der Waals surface area (Å²) in [5.74, 6) is -0.166. The summed E-state index contributed by atoms with van der Waals surface area (Å²) >= 11 is 0. The van der Waals surface area contributed by atoms with Crippen molar-refractivity contribution in [2.75, 3.05) is 20.3 Å². The molecule has 1 amide bonds. The van der Waals surface area contributed by atoms with Gasteiger partial charge in [-0.1, -0.05) is 18.2 Å². The van der Waals surface area contributed by atoms with Crippen molar-refractivity contribution in [2.45, 2.75) is 13.0 Å². The Balaban J connectivity index is 1.64. The van der Waals surface area contributed by atoms with Gasteiger partial charge in [-0.3, -0.25) is 9.89 Å². The zero-order chi connectivity index (χ0) is 16.1. The molecule has 6 nitrogen and oxygen atoms in total. The highest BCUT2D eigenvalue weighted by molar-refractivity contribution is 5.92. The number of carbonyl (C=O) groups excluding carboxylic acids is 1. The quantitative estimate of drug-likeness (QED) is 0.657. The van der Waals surface area contributed by atoms with Gasteiger partial charge in [0, 0.05) is 32.0 Å². The predicted octanol–water partition coefficient (Wildman–Crippen LogP) is 2.18. The monoisotopic (exact) mass is 312 g/mol. The van der Waals surface area contributed by atoms with Gasteiger partial charge in [-0.2, -0.15) is 5.10 Å². The number of methoxy groups -OCH3 is 1. The molecule has 0 bridgehead atoms. The molecule has 2 N–H and O–H groups in total. The lowest BCUT2D eigenvalue weighted by Crippen LogP contribution is -2.25. The van der Waals surface area contributed by atoms with Crippen LogP contribution in [0.4, 0.5) is 0 Å². The summed E-state index contributed by atoms with van der Waals surface area (Å²) in [4.78, 5) is 12.0. The molecule has 6 heteroatoms. The van der Waals surface area contributed by atoms with Crippen LogP contribution in [0, 0.1) is 0 Å². The maximum atomic E-state index is 12.0. The molecule has 3 rings (SSSR count). The average molecular weight is 312 g/mol. The van der Waals surface area contributed by atoms with Gasteiger partial charge in [-0.05, 0) is 30.0 Å². The molecule has 0 spiro atoms. The van der Waals surface area contributed by atoms with Crippen LogP contribution in [0.25, 0.3) is 10.9 Å². The summed E-state index contributed by atoms with van der Waals surface area (Å²) in [7, 11) is 1.65. The van der Waals surface area contributed by atoms with Gasteiger partial charge < -0.3 is 14.6 Å². The van der Waals surface area contributed by atoms with Crippen LogP contribution in [-0.2, 0) is 11.3 Å². The smallest absolute Gasteiger partial charge is 0.271 e. The number of benzene rings is 1. The highest BCUT2D eigenvalue weighted by Gasteiger charge is 2.10. The molecule has 2 aromatic heterocycles. The van der Waals surface area contributed by atoms with E-state index >= 15 is 0 Å². The van der Waals surface area contributed by atoms with Crippen LogP contribution in [-0.4, -0.2) is 40.9 Å². The number of nitrogens with zero attached hydrogens (tertiary/aromatic N) is 2. The van der Waals surface area contributed by atoms with Gasteiger partial charge >= 0.3 is 0 Å². The van der Waals surface area contributed by atoms with Gasteiger partial charge in [-0.25, -0.2) is 0 Å². The summed E-state index contributed by atoms with van der Waals surface area (Å²) in [5.41, 5.74) is 2.47. The lowest BCUT2D eigenvalue weighted by molar-refractivity contribution is 0.0943. The Labute approximate surface area is 134 Å². The van der Waals surface area contributed by atoms with Crippen LogP contribution in [0.2, 0.25) is 0 Å². The second kappa shape index (κ2) is 7.11. The number of rotatable bonds is 7. The van der Waals surface area contributed by atoms with E-state index in [9.17, 15) is 4.79 Å². The molecule has 0 aliphatic carbocycles. The van der Waals surface area contributed by atoms with E-state index in [0.29, 0.717) is 25.4 Å². The van der Waals surface area contributed by atoms with Crippen LogP contribution in [0.3, 0.4) is 0 Å². The van der Waals surface area contributed by atoms with Gasteiger partial charge in [0.2, 0.25) is 0 Å². The number of hydrogen-bond acceptors (Lipinski definition) is 3. The SMILES string of the molecule is COCCCNC(=O)c1cc(Cn2ccc3ccccc32)[nH]n1. The Morgan fingerprint density at radius 3 is 3.09 bits per heavy atom. The summed E-state index contributed by atoms with van der Waals surface area (Å²) in [6.45, 7) is 1.86. The van der Waals surface area contributed by atoms with E-state index in [-0.39, 0.29) is 5.91 Å². The first-order valence-corrected chi connectivity index (χ1v) is 7.63. The van der Waals surface area contributed by atoms with Crippen LogP contribution in [0.1, 0.15) is 22.6 Å². The minimum Gasteiger partial charge on any atom is -0.385 e. The third-order valence-corrected chi connectivity index (χ3v) is 3.70. The summed E-state index contributed by atoms with van der Waals surface area (Å²) < 4.78 is 7.08. The molecule has 0 fully saturated rings. The molecule has 2 heterocycles. The number of aromatic amines is 1. The highest BCUT2D eigenvalue weighted by atomic mass is 16.5. The van der Waals surface area contributed by atoms with Gasteiger partial charge in [0.1, 0.15) is 5.69 Å². The second-order valence-electron chi connectivity index (χ2n) is 5.38. The Morgan fingerprint density at radius 1 is 1.35 bits per heavy atom. The van der Waals surface area contributed by atoms with Crippen molar-refractivity contribution in [3.63, 3.8) is 0 Å². The van der Waals surface area contributed by atoms with E-state index < -0.39 is 0 Å². The molecule has 120 valence electrons. The van der Waals surface area contributed by atoms with Gasteiger partial charge in [0.25, 0.3) is 5.91 Å². The molecule has 0 atom stereocenters. The summed E-state index contributed by atoms with van der Waals surface area (Å²) in [5, 5.41) is 11.1. The van der Waals surface area contributed by atoms with E-state index in [1.165, 1.54) is 5.39 Å². The molecule has 0 radical (unpaired) electrons. The minimum absolute atomic E-state index is 0.166. The van der Waals surface area contributed by atoms with Crippen molar-refractivity contribution in [2.24, 2.45) is 0 Å². The number of fused-ring (bicyclic) bond motifs is 1. The molecular weight excluding hydrogens is 292 g/mol. The maximum Gasteiger partial charge on any atom is 0.271 e. The largest absolute Gasteiger partial charge is 0.385 e. The minimum atomic E-state index is -0.166. The molecule has 0 aliphatic heterocycles. The number of para-hydroxylation sites is 1. The maximum absolute atomic E-state index is 12.0. The molecule has 0 unspecified atom stereocenters. The normalized spacial score (nSPS) is 11.0. The van der Waals surface area contributed by atoms with Crippen LogP contribution in [0.5, 0.6) is 0 Å². The molecule has 23 heavy (non-hydrogen) atoms. The van der Waals surface area contributed by atoms with Crippen molar-refractivity contribution >= 4 is 16.8 Å². The fourth-order valence-electron chi connectivity index (χ4n) is 2.53. The third-order valence-electron chi connectivity index (χ3n) is 3.70. The molecule has 1 aromatic carbocycles. The molecule has 0 saturated heterocycles. The predicted molar refractivity (Wildman–Crippen MR) is 88.5 cm³/mol. The van der Waals surface area contributed by atoms with Crippen molar-refractivity contribution < 1.29 is 9.53 Å². The van der Waals surface area contributed by atoms with E-state index in [1.807, 2.05) is 18.3 Å². The standard InChI is InChI=1S/C17H20N4O2/c1-23-10-4-8-18-17(22)15-11-14(19-20-15)12-21-9-7-13-5-2-3-6-16(13)21/h2-3,5-7,9,11H,4,8,10,12H2,1H3,(H,18,22)(H,19,20). The van der Waals surface area contributed by atoms with Gasteiger partial charge in [0.15, 0.2) is 0 Å². The van der Waals surface area contributed by atoms with Crippen LogP contribution >= 0.6 is 0 Å². The zero-order valence-corrected chi connectivity index (χ0v) is 13.1. The van der Waals surface area contributed by atoms with E-state index in [0.717, 1.165) is 17.6 Å². The third kappa shape index (κ3) is 3.60. The van der Waals surface area contributed by atoms with E-state index in [4.69, 9.17) is 4.74 Å².